The molecular formula is C14H22N4O. The van der Waals surface area contributed by atoms with Crippen LogP contribution in [-0.4, -0.2) is 17.4 Å². The zero-order valence-corrected chi connectivity index (χ0v) is 11.4. The lowest BCUT2D eigenvalue weighted by Crippen LogP contribution is -2.33. The van der Waals surface area contributed by atoms with E-state index in [1.165, 1.54) is 25.7 Å². The fourth-order valence-corrected chi connectivity index (χ4v) is 2.62. The Morgan fingerprint density at radius 1 is 1.42 bits per heavy atom. The van der Waals surface area contributed by atoms with Gasteiger partial charge in [-0.3, -0.25) is 10.6 Å². The first-order chi connectivity index (χ1) is 9.20. The minimum atomic E-state index is -0.110. The summed E-state index contributed by atoms with van der Waals surface area (Å²) in [6.07, 6.45) is 6.64. The van der Waals surface area contributed by atoms with Gasteiger partial charge in [-0.25, -0.2) is 4.98 Å². The Morgan fingerprint density at radius 3 is 2.84 bits per heavy atom. The maximum Gasteiger partial charge on any atom is 0.269 e. The van der Waals surface area contributed by atoms with Gasteiger partial charge in [0.15, 0.2) is 0 Å². The van der Waals surface area contributed by atoms with Crippen molar-refractivity contribution in [3.8, 4) is 0 Å². The third-order valence-corrected chi connectivity index (χ3v) is 3.98. The van der Waals surface area contributed by atoms with Gasteiger partial charge < -0.3 is 10.7 Å². The molecule has 1 aliphatic rings. The number of hydrazine groups is 1. The van der Waals surface area contributed by atoms with Crippen LogP contribution < -0.4 is 16.6 Å². The molecule has 0 radical (unpaired) electrons. The molecule has 5 nitrogen and oxygen atoms in total. The predicted octanol–water partition coefficient (Wildman–Crippen LogP) is 1.92. The number of carbonyl (C=O) groups excluding carboxylic acids is 1. The first kappa shape index (κ1) is 13.8. The van der Waals surface area contributed by atoms with Crippen molar-refractivity contribution >= 4 is 11.6 Å². The van der Waals surface area contributed by atoms with Gasteiger partial charge >= 0.3 is 0 Å². The SMILES string of the molecule is CC1CCCCC1CNC(=O)c1ccc(NN)cn1. The summed E-state index contributed by atoms with van der Waals surface area (Å²) < 4.78 is 0. The number of nitrogen functional groups attached to an aromatic ring is 1. The summed E-state index contributed by atoms with van der Waals surface area (Å²) in [5.41, 5.74) is 3.61. The molecule has 1 heterocycles. The molecule has 1 aliphatic carbocycles. The highest BCUT2D eigenvalue weighted by molar-refractivity contribution is 5.92. The third-order valence-electron chi connectivity index (χ3n) is 3.98. The van der Waals surface area contributed by atoms with E-state index in [2.05, 4.69) is 22.7 Å². The van der Waals surface area contributed by atoms with Crippen LogP contribution in [0.1, 0.15) is 43.1 Å². The second-order valence-electron chi connectivity index (χ2n) is 5.31. The molecule has 2 atom stereocenters. The zero-order valence-electron chi connectivity index (χ0n) is 11.4. The normalized spacial score (nSPS) is 22.8. The lowest BCUT2D eigenvalue weighted by atomic mass is 9.80. The predicted molar refractivity (Wildman–Crippen MR) is 75.5 cm³/mol. The first-order valence-electron chi connectivity index (χ1n) is 6.91. The van der Waals surface area contributed by atoms with Crippen molar-refractivity contribution in [1.82, 2.24) is 10.3 Å². The number of carbonyl (C=O) groups is 1. The van der Waals surface area contributed by atoms with E-state index >= 15 is 0 Å². The highest BCUT2D eigenvalue weighted by Gasteiger charge is 2.21. The Labute approximate surface area is 114 Å². The molecule has 1 aromatic rings. The Morgan fingerprint density at radius 2 is 2.21 bits per heavy atom. The first-order valence-corrected chi connectivity index (χ1v) is 6.91. The smallest absolute Gasteiger partial charge is 0.269 e. The van der Waals surface area contributed by atoms with Gasteiger partial charge in [-0.1, -0.05) is 26.2 Å². The number of nitrogens with two attached hydrogens (primary N) is 1. The average Bonchev–Trinajstić information content (AvgIpc) is 2.46. The standard InChI is InChI=1S/C14H22N4O/c1-10-4-2-3-5-11(10)8-17-14(19)13-7-6-12(18-15)9-16-13/h6-7,9-11,18H,2-5,8,15H2,1H3,(H,17,19). The molecule has 5 heteroatoms. The van der Waals surface area contributed by atoms with Gasteiger partial charge in [-0.15, -0.1) is 0 Å². The van der Waals surface area contributed by atoms with Crippen LogP contribution in [0, 0.1) is 11.8 Å². The Kier molecular flexibility index (Phi) is 4.74. The molecule has 0 spiro atoms. The maximum absolute atomic E-state index is 12.0. The Bertz CT molecular complexity index is 418. The summed E-state index contributed by atoms with van der Waals surface area (Å²) in [6.45, 7) is 3.02. The van der Waals surface area contributed by atoms with E-state index in [1.54, 1.807) is 18.3 Å². The monoisotopic (exact) mass is 262 g/mol. The number of pyridine rings is 1. The van der Waals surface area contributed by atoms with E-state index in [0.29, 0.717) is 23.2 Å². The molecule has 1 fully saturated rings. The molecule has 104 valence electrons. The van der Waals surface area contributed by atoms with Crippen LogP contribution >= 0.6 is 0 Å². The van der Waals surface area contributed by atoms with E-state index in [4.69, 9.17) is 5.84 Å². The molecule has 2 rings (SSSR count). The molecule has 1 aromatic heterocycles. The number of nitrogens with one attached hydrogen (secondary N) is 2. The number of anilines is 1. The van der Waals surface area contributed by atoms with Crippen LogP contribution in [0.5, 0.6) is 0 Å². The van der Waals surface area contributed by atoms with Gasteiger partial charge in [0.05, 0.1) is 11.9 Å². The quantitative estimate of drug-likeness (QED) is 0.572. The maximum atomic E-state index is 12.0. The van der Waals surface area contributed by atoms with Gasteiger partial charge in [0.2, 0.25) is 0 Å². The van der Waals surface area contributed by atoms with Gasteiger partial charge in [0.1, 0.15) is 5.69 Å². The number of hydrogen-bond donors (Lipinski definition) is 3. The van der Waals surface area contributed by atoms with E-state index in [9.17, 15) is 4.79 Å². The van der Waals surface area contributed by atoms with Crippen molar-refractivity contribution < 1.29 is 4.79 Å². The summed E-state index contributed by atoms with van der Waals surface area (Å²) >= 11 is 0. The molecule has 0 aliphatic heterocycles. The molecule has 2 unspecified atom stereocenters. The summed E-state index contributed by atoms with van der Waals surface area (Å²) in [5, 5.41) is 2.98. The summed E-state index contributed by atoms with van der Waals surface area (Å²) in [5.74, 6) is 6.45. The van der Waals surface area contributed by atoms with Gasteiger partial charge in [0.25, 0.3) is 5.91 Å². The molecule has 4 N–H and O–H groups in total. The second-order valence-corrected chi connectivity index (χ2v) is 5.31. The molecule has 1 amide bonds. The number of aromatic nitrogens is 1. The van der Waals surface area contributed by atoms with Crippen molar-refractivity contribution in [3.05, 3.63) is 24.0 Å². The molecule has 0 aromatic carbocycles. The molecule has 19 heavy (non-hydrogen) atoms. The minimum absolute atomic E-state index is 0.110. The number of rotatable bonds is 4. The minimum Gasteiger partial charge on any atom is -0.350 e. The summed E-state index contributed by atoms with van der Waals surface area (Å²) in [6, 6.07) is 3.42. The molecule has 0 saturated heterocycles. The lowest BCUT2D eigenvalue weighted by molar-refractivity contribution is 0.0931. The molecule has 1 saturated carbocycles. The number of amides is 1. The van der Waals surface area contributed by atoms with E-state index in [0.717, 1.165) is 6.54 Å². The fraction of sp³-hybridized carbons (Fsp3) is 0.571. The number of nitrogens with zero attached hydrogens (tertiary/aromatic N) is 1. The van der Waals surface area contributed by atoms with E-state index in [-0.39, 0.29) is 5.91 Å². The fourth-order valence-electron chi connectivity index (χ4n) is 2.62. The van der Waals surface area contributed by atoms with Crippen molar-refractivity contribution in [2.75, 3.05) is 12.0 Å². The number of hydrogen-bond acceptors (Lipinski definition) is 4. The van der Waals surface area contributed by atoms with Crippen LogP contribution in [0.15, 0.2) is 18.3 Å². The average molecular weight is 262 g/mol. The second kappa shape index (κ2) is 6.52. The van der Waals surface area contributed by atoms with Crippen molar-refractivity contribution in [3.63, 3.8) is 0 Å². The Hall–Kier alpha value is -1.62. The van der Waals surface area contributed by atoms with E-state index in [1.807, 2.05) is 0 Å². The van der Waals surface area contributed by atoms with E-state index < -0.39 is 0 Å². The van der Waals surface area contributed by atoms with Crippen LogP contribution in [-0.2, 0) is 0 Å². The van der Waals surface area contributed by atoms with Gasteiger partial charge in [0, 0.05) is 6.54 Å². The molecular weight excluding hydrogens is 240 g/mol. The Balaban J connectivity index is 1.86. The topological polar surface area (TPSA) is 80.0 Å². The summed E-state index contributed by atoms with van der Waals surface area (Å²) in [4.78, 5) is 16.0. The van der Waals surface area contributed by atoms with Gasteiger partial charge in [-0.2, -0.15) is 0 Å². The van der Waals surface area contributed by atoms with Gasteiger partial charge in [-0.05, 0) is 30.4 Å². The lowest BCUT2D eigenvalue weighted by Gasteiger charge is -2.28. The van der Waals surface area contributed by atoms with Crippen LogP contribution in [0.2, 0.25) is 0 Å². The summed E-state index contributed by atoms with van der Waals surface area (Å²) in [7, 11) is 0. The van der Waals surface area contributed by atoms with Crippen LogP contribution in [0.3, 0.4) is 0 Å². The largest absolute Gasteiger partial charge is 0.350 e. The van der Waals surface area contributed by atoms with Crippen molar-refractivity contribution in [2.24, 2.45) is 17.7 Å². The highest BCUT2D eigenvalue weighted by atomic mass is 16.1. The van der Waals surface area contributed by atoms with Crippen molar-refractivity contribution in [1.29, 1.82) is 0 Å². The van der Waals surface area contributed by atoms with Crippen LogP contribution in [0.4, 0.5) is 5.69 Å². The zero-order chi connectivity index (χ0) is 13.7. The van der Waals surface area contributed by atoms with Crippen molar-refractivity contribution in [2.45, 2.75) is 32.6 Å². The van der Waals surface area contributed by atoms with Crippen LogP contribution in [0.25, 0.3) is 0 Å². The third kappa shape index (κ3) is 3.67. The molecule has 0 bridgehead atoms. The highest BCUT2D eigenvalue weighted by Crippen LogP contribution is 2.28.